The molecule has 4 nitrogen and oxygen atoms in total. The molecule has 0 radical (unpaired) electrons. The Hall–Kier alpha value is -1.62. The number of benzene rings is 1. The largest absolute Gasteiger partial charge is 0.447 e. The fraction of sp³-hybridized carbons (Fsp3) is 0.111. The van der Waals surface area contributed by atoms with Gasteiger partial charge >= 0.3 is 0 Å². The SMILES string of the molecule is NC1=NC(=O)C(c2ccc(F)c(Cl)c2)O1. The molecule has 1 atom stereocenters. The molecular formula is C9H6ClFN2O2. The molecule has 0 bridgehead atoms. The predicted octanol–water partition coefficient (Wildman–Crippen LogP) is 1.39. The van der Waals surface area contributed by atoms with Gasteiger partial charge in [0.05, 0.1) is 5.02 Å². The third-order valence-corrected chi connectivity index (χ3v) is 2.22. The first-order valence-electron chi connectivity index (χ1n) is 4.07. The van der Waals surface area contributed by atoms with Crippen molar-refractivity contribution < 1.29 is 13.9 Å². The number of amidine groups is 1. The molecule has 0 aliphatic carbocycles. The van der Waals surface area contributed by atoms with Crippen LogP contribution in [0.25, 0.3) is 0 Å². The minimum atomic E-state index is -0.914. The van der Waals surface area contributed by atoms with Crippen molar-refractivity contribution in [3.05, 3.63) is 34.6 Å². The molecule has 0 aromatic heterocycles. The van der Waals surface area contributed by atoms with Crippen LogP contribution in [0.4, 0.5) is 4.39 Å². The lowest BCUT2D eigenvalue weighted by molar-refractivity contribution is -0.122. The van der Waals surface area contributed by atoms with Gasteiger partial charge in [0.25, 0.3) is 11.9 Å². The number of nitrogens with zero attached hydrogens (tertiary/aromatic N) is 1. The summed E-state index contributed by atoms with van der Waals surface area (Å²) < 4.78 is 17.8. The van der Waals surface area contributed by atoms with E-state index in [1.165, 1.54) is 12.1 Å². The van der Waals surface area contributed by atoms with Crippen LogP contribution in [-0.4, -0.2) is 11.9 Å². The second-order valence-corrected chi connectivity index (χ2v) is 3.37. The van der Waals surface area contributed by atoms with E-state index in [0.29, 0.717) is 5.56 Å². The highest BCUT2D eigenvalue weighted by molar-refractivity contribution is 6.30. The summed E-state index contributed by atoms with van der Waals surface area (Å²) in [5.41, 5.74) is 5.65. The van der Waals surface area contributed by atoms with E-state index in [0.717, 1.165) is 6.07 Å². The molecule has 2 N–H and O–H groups in total. The molecule has 0 saturated heterocycles. The Morgan fingerprint density at radius 1 is 1.53 bits per heavy atom. The molecule has 1 heterocycles. The number of nitrogens with two attached hydrogens (primary N) is 1. The topological polar surface area (TPSA) is 64.7 Å². The fourth-order valence-corrected chi connectivity index (χ4v) is 1.44. The summed E-state index contributed by atoms with van der Waals surface area (Å²) >= 11 is 5.57. The molecule has 15 heavy (non-hydrogen) atoms. The minimum Gasteiger partial charge on any atom is -0.447 e. The molecule has 6 heteroatoms. The fourth-order valence-electron chi connectivity index (χ4n) is 1.25. The van der Waals surface area contributed by atoms with Gasteiger partial charge in [-0.2, -0.15) is 4.99 Å². The van der Waals surface area contributed by atoms with Crippen LogP contribution in [0.5, 0.6) is 0 Å². The third kappa shape index (κ3) is 1.78. The first-order valence-corrected chi connectivity index (χ1v) is 4.45. The number of rotatable bonds is 1. The van der Waals surface area contributed by atoms with E-state index in [1.54, 1.807) is 0 Å². The Balaban J connectivity index is 2.32. The quantitative estimate of drug-likeness (QED) is 0.790. The normalized spacial score (nSPS) is 20.0. The number of hydrogen-bond acceptors (Lipinski definition) is 3. The van der Waals surface area contributed by atoms with Crippen LogP contribution in [-0.2, 0) is 9.53 Å². The predicted molar refractivity (Wildman–Crippen MR) is 51.9 cm³/mol. The molecule has 1 aromatic rings. The van der Waals surface area contributed by atoms with E-state index in [4.69, 9.17) is 22.1 Å². The highest BCUT2D eigenvalue weighted by Crippen LogP contribution is 2.26. The zero-order valence-corrected chi connectivity index (χ0v) is 8.16. The van der Waals surface area contributed by atoms with Crippen molar-refractivity contribution in [3.63, 3.8) is 0 Å². The van der Waals surface area contributed by atoms with Gasteiger partial charge in [-0.25, -0.2) is 4.39 Å². The van der Waals surface area contributed by atoms with Gasteiger partial charge in [0, 0.05) is 5.56 Å². The van der Waals surface area contributed by atoms with Gasteiger partial charge in [0.15, 0.2) is 0 Å². The number of carbonyl (C=O) groups excluding carboxylic acids is 1. The summed E-state index contributed by atoms with van der Waals surface area (Å²) in [6.45, 7) is 0. The lowest BCUT2D eigenvalue weighted by Gasteiger charge is -2.08. The number of ether oxygens (including phenoxy) is 1. The van der Waals surface area contributed by atoms with Crippen molar-refractivity contribution in [3.8, 4) is 0 Å². The smallest absolute Gasteiger partial charge is 0.296 e. The second kappa shape index (κ2) is 3.51. The highest BCUT2D eigenvalue weighted by Gasteiger charge is 2.29. The first-order chi connectivity index (χ1) is 7.08. The van der Waals surface area contributed by atoms with E-state index in [9.17, 15) is 9.18 Å². The monoisotopic (exact) mass is 228 g/mol. The zero-order valence-electron chi connectivity index (χ0n) is 7.41. The van der Waals surface area contributed by atoms with E-state index >= 15 is 0 Å². The van der Waals surface area contributed by atoms with E-state index in [2.05, 4.69) is 4.99 Å². The Bertz CT molecular complexity index is 461. The van der Waals surface area contributed by atoms with Gasteiger partial charge in [-0.15, -0.1) is 0 Å². The molecule has 78 valence electrons. The van der Waals surface area contributed by atoms with Gasteiger partial charge < -0.3 is 10.5 Å². The van der Waals surface area contributed by atoms with Crippen molar-refractivity contribution in [2.45, 2.75) is 6.10 Å². The molecule has 1 aliphatic heterocycles. The third-order valence-electron chi connectivity index (χ3n) is 1.93. The van der Waals surface area contributed by atoms with Crippen molar-refractivity contribution >= 4 is 23.5 Å². The van der Waals surface area contributed by atoms with E-state index in [1.807, 2.05) is 0 Å². The number of aliphatic imine (C=N–C) groups is 1. The average molecular weight is 229 g/mol. The van der Waals surface area contributed by atoms with E-state index < -0.39 is 17.8 Å². The number of halogens is 2. The summed E-state index contributed by atoms with van der Waals surface area (Å²) in [6.07, 6.45) is -0.914. The van der Waals surface area contributed by atoms with Crippen molar-refractivity contribution in [1.82, 2.24) is 0 Å². The summed E-state index contributed by atoms with van der Waals surface area (Å²) in [4.78, 5) is 14.6. The summed E-state index contributed by atoms with van der Waals surface area (Å²) in [7, 11) is 0. The van der Waals surface area contributed by atoms with Crippen LogP contribution in [0.15, 0.2) is 23.2 Å². The lowest BCUT2D eigenvalue weighted by Crippen LogP contribution is -2.14. The van der Waals surface area contributed by atoms with Crippen LogP contribution in [0.3, 0.4) is 0 Å². The number of amides is 1. The Morgan fingerprint density at radius 2 is 2.27 bits per heavy atom. The van der Waals surface area contributed by atoms with Gasteiger partial charge in [0.1, 0.15) is 5.82 Å². The maximum absolute atomic E-state index is 12.8. The molecule has 0 saturated carbocycles. The van der Waals surface area contributed by atoms with Gasteiger partial charge in [-0.3, -0.25) is 4.79 Å². The Labute approximate surface area is 89.5 Å². The lowest BCUT2D eigenvalue weighted by atomic mass is 10.1. The summed E-state index contributed by atoms with van der Waals surface area (Å²) in [5.74, 6) is -1.07. The molecule has 1 aromatic carbocycles. The first kappa shape index (κ1) is 9.92. The summed E-state index contributed by atoms with van der Waals surface area (Å²) in [6, 6.07) is 3.68. The minimum absolute atomic E-state index is 0.0747. The second-order valence-electron chi connectivity index (χ2n) is 2.96. The van der Waals surface area contributed by atoms with Gasteiger partial charge in [-0.1, -0.05) is 17.7 Å². The highest BCUT2D eigenvalue weighted by atomic mass is 35.5. The molecule has 0 spiro atoms. The number of hydrogen-bond donors (Lipinski definition) is 1. The van der Waals surface area contributed by atoms with Gasteiger partial charge in [0.2, 0.25) is 6.10 Å². The summed E-state index contributed by atoms with van der Waals surface area (Å²) in [5, 5.41) is -0.0747. The van der Waals surface area contributed by atoms with Crippen LogP contribution in [0.1, 0.15) is 11.7 Å². The average Bonchev–Trinajstić information content (AvgIpc) is 2.50. The van der Waals surface area contributed by atoms with Crippen LogP contribution in [0, 0.1) is 5.82 Å². The molecule has 0 fully saturated rings. The maximum atomic E-state index is 12.8. The molecule has 2 rings (SSSR count). The van der Waals surface area contributed by atoms with Crippen LogP contribution in [0.2, 0.25) is 5.02 Å². The number of carbonyl (C=O) groups is 1. The van der Waals surface area contributed by atoms with Crippen LogP contribution >= 0.6 is 11.6 Å². The van der Waals surface area contributed by atoms with Crippen molar-refractivity contribution in [2.24, 2.45) is 10.7 Å². The van der Waals surface area contributed by atoms with Crippen LogP contribution < -0.4 is 5.73 Å². The molecule has 1 amide bonds. The Morgan fingerprint density at radius 3 is 2.80 bits per heavy atom. The maximum Gasteiger partial charge on any atom is 0.296 e. The van der Waals surface area contributed by atoms with E-state index in [-0.39, 0.29) is 11.0 Å². The molecular weight excluding hydrogens is 223 g/mol. The Kier molecular flexibility index (Phi) is 2.32. The van der Waals surface area contributed by atoms with Gasteiger partial charge in [-0.05, 0) is 12.1 Å². The standard InChI is InChI=1S/C9H6ClFN2O2/c10-5-3-4(1-2-6(5)11)7-8(14)13-9(12)15-7/h1-3,7H,(H2,12,13,14). The van der Waals surface area contributed by atoms with Crippen molar-refractivity contribution in [1.29, 1.82) is 0 Å². The zero-order chi connectivity index (χ0) is 11.0. The molecule has 1 aliphatic rings. The van der Waals surface area contributed by atoms with Crippen molar-refractivity contribution in [2.75, 3.05) is 0 Å². The molecule has 1 unspecified atom stereocenters.